The molecule has 1 N–H and O–H groups in total. The van der Waals surface area contributed by atoms with Crippen LogP contribution in [0, 0.1) is 0 Å². The Hall–Kier alpha value is -1.26. The van der Waals surface area contributed by atoms with Crippen molar-refractivity contribution < 1.29 is 4.79 Å². The normalized spacial score (nSPS) is 14.8. The van der Waals surface area contributed by atoms with Crippen LogP contribution >= 0.6 is 11.6 Å². The number of carbonyl (C=O) groups excluding carboxylic acids is 1. The van der Waals surface area contributed by atoms with Crippen LogP contribution < -0.4 is 10.2 Å². The summed E-state index contributed by atoms with van der Waals surface area (Å²) in [5.41, 5.74) is 1.61. The van der Waals surface area contributed by atoms with Crippen LogP contribution in [0.1, 0.15) is 10.4 Å². The summed E-state index contributed by atoms with van der Waals surface area (Å²) in [4.78, 5) is 15.9. The third-order valence-corrected chi connectivity index (χ3v) is 3.03. The molecular weight excluding hydrogens is 238 g/mol. The lowest BCUT2D eigenvalue weighted by molar-refractivity contribution is 0.0947. The second-order valence-electron chi connectivity index (χ2n) is 4.39. The predicted octanol–water partition coefficient (Wildman–Crippen LogP) is 1.41. The molecular formula is C12H16ClN3O. The number of halogens is 1. The zero-order valence-electron chi connectivity index (χ0n) is 10.0. The van der Waals surface area contributed by atoms with Crippen molar-refractivity contribution in [3.63, 3.8) is 0 Å². The molecule has 17 heavy (non-hydrogen) atoms. The smallest absolute Gasteiger partial charge is 0.254 e. The summed E-state index contributed by atoms with van der Waals surface area (Å²) in [6.45, 7) is 2.34. The predicted molar refractivity (Wildman–Crippen MR) is 69.7 cm³/mol. The number of nitrogens with one attached hydrogen (secondary N) is 1. The van der Waals surface area contributed by atoms with E-state index in [2.05, 4.69) is 15.1 Å². The van der Waals surface area contributed by atoms with E-state index in [4.69, 9.17) is 11.6 Å². The molecule has 4 nitrogen and oxygen atoms in total. The van der Waals surface area contributed by atoms with Gasteiger partial charge < -0.3 is 15.1 Å². The molecule has 1 amide bonds. The Kier molecular flexibility index (Phi) is 3.54. The van der Waals surface area contributed by atoms with Crippen LogP contribution in [0.2, 0.25) is 5.02 Å². The van der Waals surface area contributed by atoms with Crippen LogP contribution in [0.15, 0.2) is 18.2 Å². The molecule has 1 aromatic rings. The molecule has 0 saturated heterocycles. The molecule has 1 aromatic carbocycles. The minimum Gasteiger partial charge on any atom is -0.352 e. The van der Waals surface area contributed by atoms with Crippen molar-refractivity contribution in [3.05, 3.63) is 28.8 Å². The summed E-state index contributed by atoms with van der Waals surface area (Å²) in [7, 11) is 4.06. The highest BCUT2D eigenvalue weighted by Crippen LogP contribution is 2.26. The molecule has 92 valence electrons. The molecule has 0 fully saturated rings. The number of hydrogen-bond donors (Lipinski definition) is 1. The van der Waals surface area contributed by atoms with E-state index in [1.165, 1.54) is 0 Å². The van der Waals surface area contributed by atoms with Crippen molar-refractivity contribution >= 4 is 23.2 Å². The van der Waals surface area contributed by atoms with Crippen molar-refractivity contribution in [2.75, 3.05) is 38.8 Å². The van der Waals surface area contributed by atoms with Gasteiger partial charge in [-0.2, -0.15) is 0 Å². The number of nitrogens with zero attached hydrogens (tertiary/aromatic N) is 2. The number of rotatable bonds is 3. The van der Waals surface area contributed by atoms with Gasteiger partial charge in [0.05, 0.1) is 17.9 Å². The number of amides is 1. The molecule has 0 aromatic heterocycles. The Bertz CT molecular complexity index is 434. The largest absolute Gasteiger partial charge is 0.352 e. The standard InChI is InChI=1S/C12H16ClN3O/c1-15(2)5-6-16-8-14-12(17)10-4-3-9(13)7-11(10)16/h3-4,7H,5-6,8H2,1-2H3,(H,14,17). The summed E-state index contributed by atoms with van der Waals surface area (Å²) < 4.78 is 0. The summed E-state index contributed by atoms with van der Waals surface area (Å²) >= 11 is 5.98. The average Bonchev–Trinajstić information content (AvgIpc) is 2.28. The van der Waals surface area contributed by atoms with Crippen molar-refractivity contribution in [2.45, 2.75) is 0 Å². The van der Waals surface area contributed by atoms with E-state index in [9.17, 15) is 4.79 Å². The number of likely N-dealkylation sites (N-methyl/N-ethyl adjacent to an activating group) is 1. The molecule has 2 rings (SSSR count). The zero-order chi connectivity index (χ0) is 12.4. The lowest BCUT2D eigenvalue weighted by Crippen LogP contribution is -2.45. The van der Waals surface area contributed by atoms with E-state index in [1.54, 1.807) is 12.1 Å². The molecule has 1 heterocycles. The van der Waals surface area contributed by atoms with Crippen LogP contribution in [0.25, 0.3) is 0 Å². The second kappa shape index (κ2) is 4.94. The fourth-order valence-corrected chi connectivity index (χ4v) is 1.99. The van der Waals surface area contributed by atoms with E-state index in [0.29, 0.717) is 17.3 Å². The van der Waals surface area contributed by atoms with Gasteiger partial charge in [0.1, 0.15) is 0 Å². The van der Waals surface area contributed by atoms with Gasteiger partial charge in [0, 0.05) is 18.1 Å². The molecule has 0 unspecified atom stereocenters. The number of anilines is 1. The van der Waals surface area contributed by atoms with E-state index < -0.39 is 0 Å². The van der Waals surface area contributed by atoms with Crippen LogP contribution in [0.3, 0.4) is 0 Å². The minimum absolute atomic E-state index is 0.0298. The first-order valence-corrected chi connectivity index (χ1v) is 5.93. The molecule has 5 heteroatoms. The van der Waals surface area contributed by atoms with Crippen molar-refractivity contribution in [1.82, 2.24) is 10.2 Å². The summed E-state index contributed by atoms with van der Waals surface area (Å²) in [6.07, 6.45) is 0. The first-order valence-electron chi connectivity index (χ1n) is 5.55. The molecule has 1 aliphatic rings. The van der Waals surface area contributed by atoms with Crippen LogP contribution in [0.5, 0.6) is 0 Å². The number of benzene rings is 1. The Morgan fingerprint density at radius 2 is 2.24 bits per heavy atom. The highest BCUT2D eigenvalue weighted by atomic mass is 35.5. The minimum atomic E-state index is -0.0298. The van der Waals surface area contributed by atoms with Gasteiger partial charge in [-0.1, -0.05) is 11.6 Å². The fourth-order valence-electron chi connectivity index (χ4n) is 1.83. The summed E-state index contributed by atoms with van der Waals surface area (Å²) in [5.74, 6) is -0.0298. The third-order valence-electron chi connectivity index (χ3n) is 2.79. The SMILES string of the molecule is CN(C)CCN1CNC(=O)c2ccc(Cl)cc21. The molecule has 0 radical (unpaired) electrons. The van der Waals surface area contributed by atoms with Gasteiger partial charge in [-0.25, -0.2) is 0 Å². The number of fused-ring (bicyclic) bond motifs is 1. The van der Waals surface area contributed by atoms with Crippen LogP contribution in [-0.2, 0) is 0 Å². The third kappa shape index (κ3) is 2.70. The first-order chi connectivity index (χ1) is 8.08. The van der Waals surface area contributed by atoms with Gasteiger partial charge in [0.15, 0.2) is 0 Å². The highest BCUT2D eigenvalue weighted by Gasteiger charge is 2.22. The van der Waals surface area contributed by atoms with E-state index in [0.717, 1.165) is 18.8 Å². The van der Waals surface area contributed by atoms with E-state index in [-0.39, 0.29) is 5.91 Å². The lowest BCUT2D eigenvalue weighted by Gasteiger charge is -2.32. The fraction of sp³-hybridized carbons (Fsp3) is 0.417. The average molecular weight is 254 g/mol. The maximum Gasteiger partial charge on any atom is 0.254 e. The monoisotopic (exact) mass is 253 g/mol. The Morgan fingerprint density at radius 3 is 2.94 bits per heavy atom. The lowest BCUT2D eigenvalue weighted by atomic mass is 10.1. The summed E-state index contributed by atoms with van der Waals surface area (Å²) in [6, 6.07) is 5.37. The molecule has 0 saturated carbocycles. The quantitative estimate of drug-likeness (QED) is 0.885. The van der Waals surface area contributed by atoms with Gasteiger partial charge in [0.25, 0.3) is 5.91 Å². The highest BCUT2D eigenvalue weighted by molar-refractivity contribution is 6.31. The maximum absolute atomic E-state index is 11.7. The Labute approximate surface area is 106 Å². The van der Waals surface area contributed by atoms with Gasteiger partial charge in [-0.05, 0) is 32.3 Å². The van der Waals surface area contributed by atoms with Gasteiger partial charge in [-0.15, -0.1) is 0 Å². The molecule has 0 aliphatic carbocycles. The molecule has 0 spiro atoms. The van der Waals surface area contributed by atoms with Crippen LogP contribution in [0.4, 0.5) is 5.69 Å². The van der Waals surface area contributed by atoms with E-state index >= 15 is 0 Å². The number of carbonyl (C=O) groups is 1. The molecule has 0 bridgehead atoms. The van der Waals surface area contributed by atoms with Crippen molar-refractivity contribution in [2.24, 2.45) is 0 Å². The zero-order valence-corrected chi connectivity index (χ0v) is 10.8. The maximum atomic E-state index is 11.7. The van der Waals surface area contributed by atoms with Gasteiger partial charge in [0.2, 0.25) is 0 Å². The topological polar surface area (TPSA) is 35.6 Å². The first kappa shape index (κ1) is 12.2. The van der Waals surface area contributed by atoms with Crippen molar-refractivity contribution in [3.8, 4) is 0 Å². The van der Waals surface area contributed by atoms with E-state index in [1.807, 2.05) is 20.2 Å². The van der Waals surface area contributed by atoms with Crippen LogP contribution in [-0.4, -0.2) is 44.7 Å². The van der Waals surface area contributed by atoms with Gasteiger partial charge >= 0.3 is 0 Å². The Balaban J connectivity index is 2.24. The molecule has 1 aliphatic heterocycles. The number of hydrogen-bond acceptors (Lipinski definition) is 3. The summed E-state index contributed by atoms with van der Waals surface area (Å²) in [5, 5.41) is 3.52. The second-order valence-corrected chi connectivity index (χ2v) is 4.83. The molecule has 0 atom stereocenters. The van der Waals surface area contributed by atoms with Crippen molar-refractivity contribution in [1.29, 1.82) is 0 Å². The Morgan fingerprint density at radius 1 is 1.47 bits per heavy atom. The van der Waals surface area contributed by atoms with Gasteiger partial charge in [-0.3, -0.25) is 4.79 Å².